The lowest BCUT2D eigenvalue weighted by molar-refractivity contribution is 0.296. The van der Waals surface area contributed by atoms with Gasteiger partial charge >= 0.3 is 0 Å². The molecule has 0 saturated carbocycles. The van der Waals surface area contributed by atoms with E-state index in [0.717, 1.165) is 19.8 Å². The van der Waals surface area contributed by atoms with Gasteiger partial charge in [0.2, 0.25) is 0 Å². The van der Waals surface area contributed by atoms with Crippen LogP contribution in [0.5, 0.6) is 5.75 Å². The molecule has 0 aliphatic heterocycles. The molecule has 0 radical (unpaired) electrons. The number of alkyl halides is 1. The molecule has 0 spiro atoms. The van der Waals surface area contributed by atoms with E-state index >= 15 is 0 Å². The number of hydrogen-bond donors (Lipinski definition) is 0. The zero-order chi connectivity index (χ0) is 14.7. The van der Waals surface area contributed by atoms with E-state index in [1.807, 2.05) is 12.1 Å². The molecule has 2 aromatic rings. The molecule has 0 saturated heterocycles. The Bertz CT molecular complexity index is 608. The summed E-state index contributed by atoms with van der Waals surface area (Å²) in [6, 6.07) is 8.85. The monoisotopic (exact) mass is 528 g/mol. The van der Waals surface area contributed by atoms with Gasteiger partial charge < -0.3 is 4.74 Å². The van der Waals surface area contributed by atoms with Gasteiger partial charge in [0.15, 0.2) is 0 Å². The quantitative estimate of drug-likeness (QED) is 0.405. The molecule has 0 fully saturated rings. The molecule has 106 valence electrons. The van der Waals surface area contributed by atoms with Gasteiger partial charge in [0.25, 0.3) is 0 Å². The van der Waals surface area contributed by atoms with E-state index < -0.39 is 0 Å². The van der Waals surface area contributed by atoms with Crippen molar-refractivity contribution in [1.29, 1.82) is 0 Å². The highest BCUT2D eigenvalue weighted by Crippen LogP contribution is 2.36. The number of hydrogen-bond acceptors (Lipinski definition) is 1. The first-order chi connectivity index (χ1) is 9.51. The fraction of sp³-hybridized carbons (Fsp3) is 0.143. The third-order valence-electron chi connectivity index (χ3n) is 2.60. The van der Waals surface area contributed by atoms with Crippen LogP contribution in [-0.2, 0) is 11.9 Å². The van der Waals surface area contributed by atoms with Crippen LogP contribution in [0.3, 0.4) is 0 Å². The smallest absolute Gasteiger partial charge is 0.148 e. The molecule has 0 bridgehead atoms. The molecule has 2 rings (SSSR count). The normalized spacial score (nSPS) is 10.7. The predicted octanol–water partition coefficient (Wildman–Crippen LogP) is 6.59. The second kappa shape index (κ2) is 7.38. The lowest BCUT2D eigenvalue weighted by Crippen LogP contribution is -2.00. The maximum Gasteiger partial charge on any atom is 0.148 e. The standard InChI is InChI=1S/C14H9Br4FO/c15-6-8-3-11(17)14(12(18)4-8)20-7-9-1-2-10(16)5-13(9)19/h1-5H,6-7H2. The van der Waals surface area contributed by atoms with Crippen LogP contribution in [0.15, 0.2) is 43.7 Å². The van der Waals surface area contributed by atoms with Gasteiger partial charge in [-0.1, -0.05) is 37.9 Å². The van der Waals surface area contributed by atoms with Crippen molar-refractivity contribution >= 4 is 63.7 Å². The summed E-state index contributed by atoms with van der Waals surface area (Å²) in [5.74, 6) is 0.376. The molecule has 0 amide bonds. The average Bonchev–Trinajstić information content (AvgIpc) is 2.39. The Balaban J connectivity index is 2.19. The van der Waals surface area contributed by atoms with Crippen molar-refractivity contribution in [3.63, 3.8) is 0 Å². The van der Waals surface area contributed by atoms with Crippen LogP contribution >= 0.6 is 63.7 Å². The van der Waals surface area contributed by atoms with E-state index in [-0.39, 0.29) is 12.4 Å². The minimum Gasteiger partial charge on any atom is -0.486 e. The van der Waals surface area contributed by atoms with E-state index in [9.17, 15) is 4.39 Å². The van der Waals surface area contributed by atoms with Crippen LogP contribution in [0.1, 0.15) is 11.1 Å². The molecule has 0 heterocycles. The highest BCUT2D eigenvalue weighted by molar-refractivity contribution is 9.11. The first-order valence-electron chi connectivity index (χ1n) is 5.62. The van der Waals surface area contributed by atoms with Gasteiger partial charge in [-0.3, -0.25) is 0 Å². The summed E-state index contributed by atoms with van der Waals surface area (Å²) >= 11 is 13.6. The molecule has 0 N–H and O–H groups in total. The average molecular weight is 532 g/mol. The van der Waals surface area contributed by atoms with Crippen molar-refractivity contribution in [1.82, 2.24) is 0 Å². The molecular formula is C14H9Br4FO. The van der Waals surface area contributed by atoms with E-state index in [1.54, 1.807) is 12.1 Å². The van der Waals surface area contributed by atoms with Crippen LogP contribution in [-0.4, -0.2) is 0 Å². The zero-order valence-electron chi connectivity index (χ0n) is 10.1. The molecule has 0 aliphatic rings. The van der Waals surface area contributed by atoms with Crippen molar-refractivity contribution in [3.8, 4) is 5.75 Å². The Morgan fingerprint density at radius 2 is 1.65 bits per heavy atom. The van der Waals surface area contributed by atoms with Gasteiger partial charge in [0.05, 0.1) is 8.95 Å². The second-order valence-electron chi connectivity index (χ2n) is 4.05. The summed E-state index contributed by atoms with van der Waals surface area (Å²) in [6.07, 6.45) is 0. The van der Waals surface area contributed by atoms with Gasteiger partial charge in [-0.25, -0.2) is 4.39 Å². The SMILES string of the molecule is Fc1cc(Br)ccc1COc1c(Br)cc(CBr)cc1Br. The number of ether oxygens (including phenoxy) is 1. The van der Waals surface area contributed by atoms with Gasteiger partial charge in [-0.2, -0.15) is 0 Å². The van der Waals surface area contributed by atoms with Crippen LogP contribution in [0, 0.1) is 5.82 Å². The number of benzene rings is 2. The van der Waals surface area contributed by atoms with Crippen LogP contribution in [0.4, 0.5) is 4.39 Å². The number of halogens is 5. The van der Waals surface area contributed by atoms with E-state index in [0.29, 0.717) is 15.8 Å². The highest BCUT2D eigenvalue weighted by atomic mass is 79.9. The van der Waals surface area contributed by atoms with Crippen LogP contribution in [0.2, 0.25) is 0 Å². The van der Waals surface area contributed by atoms with Crippen molar-refractivity contribution < 1.29 is 9.13 Å². The topological polar surface area (TPSA) is 9.23 Å². The third-order valence-corrected chi connectivity index (χ3v) is 4.92. The minimum absolute atomic E-state index is 0.171. The van der Waals surface area contributed by atoms with E-state index in [4.69, 9.17) is 4.74 Å². The molecule has 1 nitrogen and oxygen atoms in total. The van der Waals surface area contributed by atoms with E-state index in [1.165, 1.54) is 6.07 Å². The summed E-state index contributed by atoms with van der Waals surface area (Å²) in [7, 11) is 0. The molecule has 0 atom stereocenters. The van der Waals surface area contributed by atoms with Gasteiger partial charge in [-0.15, -0.1) is 0 Å². The van der Waals surface area contributed by atoms with Gasteiger partial charge in [-0.05, 0) is 61.7 Å². The summed E-state index contributed by atoms with van der Waals surface area (Å²) in [4.78, 5) is 0. The fourth-order valence-corrected chi connectivity index (χ4v) is 3.78. The Morgan fingerprint density at radius 1 is 1.00 bits per heavy atom. The van der Waals surface area contributed by atoms with Crippen molar-refractivity contribution in [2.24, 2.45) is 0 Å². The maximum atomic E-state index is 13.7. The Hall–Kier alpha value is 0.0900. The van der Waals surface area contributed by atoms with Crippen molar-refractivity contribution in [2.45, 2.75) is 11.9 Å². The Kier molecular flexibility index (Phi) is 6.08. The molecular weight excluding hydrogens is 523 g/mol. The van der Waals surface area contributed by atoms with Gasteiger partial charge in [0.1, 0.15) is 18.2 Å². The highest BCUT2D eigenvalue weighted by Gasteiger charge is 2.10. The van der Waals surface area contributed by atoms with E-state index in [2.05, 4.69) is 63.7 Å². The lowest BCUT2D eigenvalue weighted by Gasteiger charge is -2.12. The molecule has 6 heteroatoms. The van der Waals surface area contributed by atoms with Crippen LogP contribution in [0.25, 0.3) is 0 Å². The molecule has 0 aromatic heterocycles. The lowest BCUT2D eigenvalue weighted by atomic mass is 10.2. The molecule has 20 heavy (non-hydrogen) atoms. The molecule has 0 aliphatic carbocycles. The minimum atomic E-state index is -0.288. The first kappa shape index (κ1) is 16.5. The fourth-order valence-electron chi connectivity index (χ4n) is 1.62. The second-order valence-corrected chi connectivity index (χ2v) is 7.23. The van der Waals surface area contributed by atoms with Gasteiger partial charge in [0, 0.05) is 15.4 Å². The zero-order valence-corrected chi connectivity index (χ0v) is 16.4. The van der Waals surface area contributed by atoms with Crippen LogP contribution < -0.4 is 4.74 Å². The third kappa shape index (κ3) is 4.06. The largest absolute Gasteiger partial charge is 0.486 e. The first-order valence-corrected chi connectivity index (χ1v) is 9.12. The van der Waals surface area contributed by atoms with Crippen molar-refractivity contribution in [2.75, 3.05) is 0 Å². The van der Waals surface area contributed by atoms with Crippen molar-refractivity contribution in [3.05, 3.63) is 60.7 Å². The Morgan fingerprint density at radius 3 is 2.20 bits per heavy atom. The summed E-state index contributed by atoms with van der Waals surface area (Å²) < 4.78 is 21.8. The summed E-state index contributed by atoms with van der Waals surface area (Å²) in [5, 5.41) is 0.756. The molecule has 0 unspecified atom stereocenters. The summed E-state index contributed by atoms with van der Waals surface area (Å²) in [5.41, 5.74) is 1.63. The maximum absolute atomic E-state index is 13.7. The Labute approximate surface area is 150 Å². The molecule has 2 aromatic carbocycles. The number of rotatable bonds is 4. The summed E-state index contributed by atoms with van der Waals surface area (Å²) in [6.45, 7) is 0.171. The predicted molar refractivity (Wildman–Crippen MR) is 92.9 cm³/mol.